The fraction of sp³-hybridized carbons (Fsp3) is 0.381. The quantitative estimate of drug-likeness (QED) is 0.682. The Kier molecular flexibility index (Phi) is 6.65. The number of para-hydroxylation sites is 2. The normalized spacial score (nSPS) is 15.2. The number of nitrogens with zero attached hydrogens (tertiary/aromatic N) is 1. The average molecular weight is 415 g/mol. The lowest BCUT2D eigenvalue weighted by Gasteiger charge is -2.23. The Morgan fingerprint density at radius 3 is 2.71 bits per heavy atom. The molecule has 0 saturated heterocycles. The van der Waals surface area contributed by atoms with Crippen molar-refractivity contribution in [2.75, 3.05) is 18.5 Å². The third-order valence-electron chi connectivity index (χ3n) is 4.65. The number of fused-ring (bicyclic) bond motifs is 1. The van der Waals surface area contributed by atoms with Crippen molar-refractivity contribution in [2.24, 2.45) is 5.92 Å². The van der Waals surface area contributed by atoms with Gasteiger partial charge in [-0.2, -0.15) is 5.26 Å². The molecule has 1 aromatic heterocycles. The Bertz CT molecular complexity index is 979. The van der Waals surface area contributed by atoms with E-state index in [1.807, 2.05) is 19.1 Å². The van der Waals surface area contributed by atoms with E-state index in [0.717, 1.165) is 34.2 Å². The number of anilines is 1. The lowest BCUT2D eigenvalue weighted by molar-refractivity contribution is -0.118. The van der Waals surface area contributed by atoms with Gasteiger partial charge in [-0.25, -0.2) is 0 Å². The standard InChI is InChI=1S/C21H22N2O3S2/c1-3-25-17-6-4-5-7-18(17)26-12-19(24)23-20-16(11-22)14-9-8-13(2)10-15(14)21(27)28-20/h4-7,13H,3,8-10,12H2,1-2H3,(H,23,24). The molecule has 0 radical (unpaired) electrons. The van der Waals surface area contributed by atoms with Crippen molar-refractivity contribution < 1.29 is 14.3 Å². The van der Waals surface area contributed by atoms with Crippen molar-refractivity contribution in [3.63, 3.8) is 0 Å². The smallest absolute Gasteiger partial charge is 0.262 e. The molecule has 0 saturated carbocycles. The minimum atomic E-state index is -0.336. The van der Waals surface area contributed by atoms with Gasteiger partial charge in [-0.15, -0.1) is 11.3 Å². The molecule has 1 amide bonds. The Balaban J connectivity index is 1.75. The molecule has 0 fully saturated rings. The van der Waals surface area contributed by atoms with E-state index < -0.39 is 0 Å². The van der Waals surface area contributed by atoms with Crippen molar-refractivity contribution in [3.05, 3.63) is 44.8 Å². The van der Waals surface area contributed by atoms with Crippen LogP contribution in [0.15, 0.2) is 24.3 Å². The van der Waals surface area contributed by atoms with Crippen LogP contribution in [0.4, 0.5) is 5.00 Å². The molecule has 146 valence electrons. The Morgan fingerprint density at radius 1 is 1.32 bits per heavy atom. The second-order valence-electron chi connectivity index (χ2n) is 6.73. The predicted molar refractivity (Wildman–Crippen MR) is 113 cm³/mol. The molecule has 1 unspecified atom stereocenters. The van der Waals surface area contributed by atoms with Gasteiger partial charge in [0.05, 0.1) is 16.0 Å². The molecule has 0 bridgehead atoms. The van der Waals surface area contributed by atoms with Gasteiger partial charge in [0.15, 0.2) is 18.1 Å². The van der Waals surface area contributed by atoms with Crippen LogP contribution < -0.4 is 14.8 Å². The summed E-state index contributed by atoms with van der Waals surface area (Å²) in [6.45, 7) is 4.41. The van der Waals surface area contributed by atoms with Crippen LogP contribution in [0.2, 0.25) is 0 Å². The van der Waals surface area contributed by atoms with Crippen molar-refractivity contribution in [1.29, 1.82) is 5.26 Å². The zero-order valence-corrected chi connectivity index (χ0v) is 17.5. The third-order valence-corrected chi connectivity index (χ3v) is 6.09. The van der Waals surface area contributed by atoms with Gasteiger partial charge < -0.3 is 14.8 Å². The summed E-state index contributed by atoms with van der Waals surface area (Å²) in [6, 6.07) is 9.47. The van der Waals surface area contributed by atoms with E-state index in [2.05, 4.69) is 18.3 Å². The monoisotopic (exact) mass is 414 g/mol. The van der Waals surface area contributed by atoms with Gasteiger partial charge in [-0.1, -0.05) is 31.3 Å². The maximum Gasteiger partial charge on any atom is 0.262 e. The molecule has 3 rings (SSSR count). The Labute approximate surface area is 173 Å². The van der Waals surface area contributed by atoms with E-state index in [-0.39, 0.29) is 12.5 Å². The van der Waals surface area contributed by atoms with Gasteiger partial charge in [0.2, 0.25) is 0 Å². The second-order valence-corrected chi connectivity index (χ2v) is 8.41. The highest BCUT2D eigenvalue weighted by Crippen LogP contribution is 2.36. The van der Waals surface area contributed by atoms with Crippen LogP contribution in [-0.4, -0.2) is 19.1 Å². The third kappa shape index (κ3) is 4.51. The fourth-order valence-corrected chi connectivity index (χ4v) is 4.70. The zero-order chi connectivity index (χ0) is 20.1. The number of hydrogen-bond acceptors (Lipinski definition) is 6. The van der Waals surface area contributed by atoms with Crippen LogP contribution in [0.5, 0.6) is 11.5 Å². The second kappa shape index (κ2) is 9.18. The summed E-state index contributed by atoms with van der Waals surface area (Å²) in [6.07, 6.45) is 2.73. The molecule has 1 N–H and O–H groups in total. The number of benzene rings is 1. The summed E-state index contributed by atoms with van der Waals surface area (Å²) < 4.78 is 11.9. The summed E-state index contributed by atoms with van der Waals surface area (Å²) in [7, 11) is 0. The topological polar surface area (TPSA) is 71.3 Å². The van der Waals surface area contributed by atoms with Crippen molar-refractivity contribution in [2.45, 2.75) is 33.1 Å². The Morgan fingerprint density at radius 2 is 2.04 bits per heavy atom. The van der Waals surface area contributed by atoms with E-state index in [1.54, 1.807) is 12.1 Å². The summed E-state index contributed by atoms with van der Waals surface area (Å²) in [5.74, 6) is 1.32. The van der Waals surface area contributed by atoms with Gasteiger partial charge >= 0.3 is 0 Å². The predicted octanol–water partition coefficient (Wildman–Crippen LogP) is 4.89. The van der Waals surface area contributed by atoms with Crippen LogP contribution in [0.1, 0.15) is 37.0 Å². The van der Waals surface area contributed by atoms with Crippen LogP contribution in [0, 0.1) is 21.1 Å². The molecule has 28 heavy (non-hydrogen) atoms. The van der Waals surface area contributed by atoms with E-state index >= 15 is 0 Å². The van der Waals surface area contributed by atoms with Gasteiger partial charge in [0, 0.05) is 0 Å². The molecule has 1 atom stereocenters. The highest BCUT2D eigenvalue weighted by atomic mass is 32.1. The van der Waals surface area contributed by atoms with Crippen LogP contribution in [0.25, 0.3) is 0 Å². The molecule has 1 aromatic carbocycles. The highest BCUT2D eigenvalue weighted by molar-refractivity contribution is 7.73. The summed E-state index contributed by atoms with van der Waals surface area (Å²) in [5, 5.41) is 13.0. The molecule has 0 spiro atoms. The molecular weight excluding hydrogens is 392 g/mol. The van der Waals surface area contributed by atoms with Crippen molar-refractivity contribution >= 4 is 34.5 Å². The molecule has 1 aliphatic carbocycles. The van der Waals surface area contributed by atoms with Gasteiger partial charge in [0.1, 0.15) is 11.1 Å². The van der Waals surface area contributed by atoms with E-state index in [1.165, 1.54) is 11.3 Å². The number of nitrogens with one attached hydrogen (secondary N) is 1. The molecule has 1 heterocycles. The van der Waals surface area contributed by atoms with E-state index in [9.17, 15) is 10.1 Å². The number of carbonyl (C=O) groups is 1. The van der Waals surface area contributed by atoms with E-state index in [0.29, 0.717) is 34.6 Å². The minimum absolute atomic E-state index is 0.178. The molecule has 7 heteroatoms. The average Bonchev–Trinajstić information content (AvgIpc) is 2.68. The van der Waals surface area contributed by atoms with E-state index in [4.69, 9.17) is 21.7 Å². The van der Waals surface area contributed by atoms with Crippen LogP contribution in [-0.2, 0) is 17.6 Å². The molecule has 2 aromatic rings. The van der Waals surface area contributed by atoms with Gasteiger partial charge in [-0.3, -0.25) is 4.79 Å². The number of hydrogen-bond donors (Lipinski definition) is 1. The van der Waals surface area contributed by atoms with Gasteiger partial charge in [0.25, 0.3) is 5.91 Å². The summed E-state index contributed by atoms with van der Waals surface area (Å²) in [5.41, 5.74) is 2.61. The van der Waals surface area contributed by atoms with Gasteiger partial charge in [-0.05, 0) is 55.4 Å². The fourth-order valence-electron chi connectivity index (χ4n) is 3.30. The SMILES string of the molecule is CCOc1ccccc1OCC(=O)Nc1sc(=S)c2c(c1C#N)CCC(C)C2. The molecule has 0 aliphatic heterocycles. The number of rotatable bonds is 6. The number of nitriles is 1. The highest BCUT2D eigenvalue weighted by Gasteiger charge is 2.23. The largest absolute Gasteiger partial charge is 0.490 e. The maximum absolute atomic E-state index is 12.4. The first-order valence-electron chi connectivity index (χ1n) is 9.26. The van der Waals surface area contributed by atoms with Crippen LogP contribution >= 0.6 is 23.6 Å². The Hall–Kier alpha value is -2.43. The summed E-state index contributed by atoms with van der Waals surface area (Å²) in [4.78, 5) is 12.4. The first kappa shape index (κ1) is 20.3. The summed E-state index contributed by atoms with van der Waals surface area (Å²) >= 11 is 6.82. The number of carbonyl (C=O) groups excluding carboxylic acids is 1. The first-order chi connectivity index (χ1) is 13.5. The molecule has 5 nitrogen and oxygen atoms in total. The minimum Gasteiger partial charge on any atom is -0.490 e. The maximum atomic E-state index is 12.4. The van der Waals surface area contributed by atoms with Crippen molar-refractivity contribution in [1.82, 2.24) is 0 Å². The number of amides is 1. The molecule has 1 aliphatic rings. The lowest BCUT2D eigenvalue weighted by Crippen LogP contribution is -2.21. The lowest BCUT2D eigenvalue weighted by atomic mass is 9.85. The van der Waals surface area contributed by atoms with Crippen molar-refractivity contribution in [3.8, 4) is 17.6 Å². The first-order valence-corrected chi connectivity index (χ1v) is 10.5. The van der Waals surface area contributed by atoms with Crippen LogP contribution in [0.3, 0.4) is 0 Å². The zero-order valence-electron chi connectivity index (χ0n) is 15.9. The number of ether oxygens (including phenoxy) is 2. The molecular formula is C21H22N2O3S2.